The second-order valence-corrected chi connectivity index (χ2v) is 21.2. The first-order valence-electron chi connectivity index (χ1n) is 25.0. The van der Waals surface area contributed by atoms with Gasteiger partial charge in [0.2, 0.25) is 17.7 Å². The fourth-order valence-corrected chi connectivity index (χ4v) is 12.6. The fraction of sp³-hybridized carbons (Fsp3) is 0.345. The van der Waals surface area contributed by atoms with Crippen LogP contribution in [0.1, 0.15) is 85.2 Å². The number of morpholine rings is 1. The molecule has 0 bridgehead atoms. The summed E-state index contributed by atoms with van der Waals surface area (Å²) in [7, 11) is 0. The molecule has 3 N–H and O–H groups in total. The highest BCUT2D eigenvalue weighted by Gasteiger charge is 2.74. The minimum absolute atomic E-state index is 0.0426. The van der Waals surface area contributed by atoms with E-state index >= 15 is 4.79 Å². The van der Waals surface area contributed by atoms with Gasteiger partial charge < -0.3 is 39.6 Å². The monoisotopic (exact) mass is 1110 g/mol. The van der Waals surface area contributed by atoms with Crippen molar-refractivity contribution < 1.29 is 52.8 Å². The number of phenols is 1. The lowest BCUT2D eigenvalue weighted by atomic mass is 9.65. The van der Waals surface area contributed by atoms with Crippen LogP contribution in [-0.2, 0) is 48.4 Å². The number of hydrogen-bond donors (Lipinski definition) is 3. The molecular formula is C58H57IN4O11. The number of ether oxygens (including phenoxy) is 4. The van der Waals surface area contributed by atoms with E-state index in [1.165, 1.54) is 18.2 Å². The van der Waals surface area contributed by atoms with E-state index in [1.807, 2.05) is 110 Å². The van der Waals surface area contributed by atoms with Gasteiger partial charge in [0, 0.05) is 21.6 Å². The summed E-state index contributed by atoms with van der Waals surface area (Å²) in [5.41, 5.74) is 2.28. The maximum atomic E-state index is 15.2. The van der Waals surface area contributed by atoms with Crippen LogP contribution in [0.4, 0.5) is 5.69 Å². The Bertz CT molecular complexity index is 2960. The molecule has 3 amide bonds. The number of benzene rings is 5. The number of fused-ring (bicyclic) bond motifs is 4. The first-order chi connectivity index (χ1) is 35.8. The molecule has 15 nitrogen and oxygen atoms in total. The molecule has 0 unspecified atom stereocenters. The molecule has 5 aliphatic heterocycles. The van der Waals surface area contributed by atoms with E-state index in [9.17, 15) is 29.1 Å². The van der Waals surface area contributed by atoms with Crippen molar-refractivity contribution in [2.24, 2.45) is 17.8 Å². The number of piperazine rings is 1. The van der Waals surface area contributed by atoms with Crippen molar-refractivity contribution in [3.05, 3.63) is 171 Å². The number of cyclic esters (lactones) is 1. The quantitative estimate of drug-likeness (QED) is 0.0355. The first kappa shape index (κ1) is 50.6. The van der Waals surface area contributed by atoms with Gasteiger partial charge in [-0.1, -0.05) is 111 Å². The van der Waals surface area contributed by atoms with Crippen LogP contribution < -0.4 is 15.4 Å². The van der Waals surface area contributed by atoms with Crippen molar-refractivity contribution in [2.75, 3.05) is 31.7 Å². The number of carbonyl (C=O) groups excluding carboxylic acids is 6. The third-order valence-corrected chi connectivity index (χ3v) is 15.7. The van der Waals surface area contributed by atoms with Gasteiger partial charge in [0.1, 0.15) is 66.1 Å². The van der Waals surface area contributed by atoms with Crippen LogP contribution in [0.2, 0.25) is 0 Å². The zero-order valence-electron chi connectivity index (χ0n) is 40.9. The van der Waals surface area contributed by atoms with Gasteiger partial charge in [-0.15, -0.1) is 0 Å². The highest BCUT2D eigenvalue weighted by molar-refractivity contribution is 14.1. The number of anilines is 1. The number of carbonyl (C=O) groups is 6. The van der Waals surface area contributed by atoms with E-state index in [1.54, 1.807) is 29.2 Å². The van der Waals surface area contributed by atoms with Crippen LogP contribution in [0.3, 0.4) is 0 Å². The van der Waals surface area contributed by atoms with Crippen LogP contribution in [0.25, 0.3) is 0 Å². The normalized spacial score (nSPS) is 27.0. The molecule has 10 atom stereocenters. The van der Waals surface area contributed by atoms with Gasteiger partial charge in [-0.2, -0.15) is 0 Å². The number of phenolic OH excluding ortho intramolecular Hbond substituents is 1. The van der Waals surface area contributed by atoms with E-state index in [0.29, 0.717) is 34.5 Å². The number of nitrogens with zero attached hydrogens (tertiary/aromatic N) is 2. The molecule has 4 saturated heterocycles. The molecule has 0 radical (unpaired) electrons. The number of Topliss-reactive ketones (excluding diaryl/α,β-unsaturated/α-hetero) is 1. The molecule has 5 aromatic rings. The lowest BCUT2D eigenvalue weighted by Gasteiger charge is -2.46. The average Bonchev–Trinajstić information content (AvgIpc) is 4.11. The van der Waals surface area contributed by atoms with Gasteiger partial charge >= 0.3 is 11.9 Å². The number of ketones is 1. The van der Waals surface area contributed by atoms with Crippen LogP contribution in [-0.4, -0.2) is 94.9 Å². The standard InChI is InChI=1S/C58H57IN4O11/c1-4-26-73-55(68)47-50-56(69)74-51(36-13-9-6-10-14-36)49(34-11-7-5-8-12-34)63(50)52(58(47)42-31-38(59)19-24-43(42)61-57(58)70)37-17-22-40(23-18-37)72-29-28-71-27-25-46(65)41-32-45-53(66)60-44(30-33(2)3)54(67)62(45)48(41)35-15-20-39(64)21-16-35/h4-24,31,33,41,44-45,47-52,64H,1,25-30,32H2,2-3H3,(H,60,66)(H,61,70)/t41-,44+,45+,47+,48+,49+,50+,51-,52-,58+/m1/s1. The first-order valence-corrected chi connectivity index (χ1v) is 26.1. The van der Waals surface area contributed by atoms with Crippen molar-refractivity contribution in [1.29, 1.82) is 0 Å². The predicted octanol–water partition coefficient (Wildman–Crippen LogP) is 7.85. The Labute approximate surface area is 442 Å². The molecular weight excluding hydrogens is 1060 g/mol. The Hall–Kier alpha value is -6.89. The second-order valence-electron chi connectivity index (χ2n) is 19.9. The van der Waals surface area contributed by atoms with Gasteiger partial charge in [-0.3, -0.25) is 33.7 Å². The van der Waals surface area contributed by atoms with E-state index in [2.05, 4.69) is 39.8 Å². The summed E-state index contributed by atoms with van der Waals surface area (Å²) < 4.78 is 25.2. The zero-order chi connectivity index (χ0) is 51.8. The van der Waals surface area contributed by atoms with Crippen LogP contribution in [0, 0.1) is 21.3 Å². The summed E-state index contributed by atoms with van der Waals surface area (Å²) in [6, 6.07) is 33.4. The third kappa shape index (κ3) is 9.14. The van der Waals surface area contributed by atoms with E-state index in [4.69, 9.17) is 18.9 Å². The van der Waals surface area contributed by atoms with Crippen LogP contribution in [0.5, 0.6) is 11.5 Å². The molecule has 0 aliphatic carbocycles. The molecule has 16 heteroatoms. The number of hydrogen-bond acceptors (Lipinski definition) is 12. The fourth-order valence-electron chi connectivity index (χ4n) is 12.1. The molecule has 5 aliphatic rings. The molecule has 4 fully saturated rings. The Morgan fingerprint density at radius 1 is 0.838 bits per heavy atom. The maximum absolute atomic E-state index is 15.2. The highest BCUT2D eigenvalue weighted by Crippen LogP contribution is 2.65. The SMILES string of the molecule is C=CCOC(=O)[C@@H]1[C@H]2C(=O)O[C@H](c3ccccc3)[C@H](c3ccccc3)N2[C@H](c2ccc(OCCOCCC(=O)[C@H]3C[C@H]4C(=O)N[C@@H](CC(C)C)C(=O)N4[C@H]3c3ccc(O)cc3)cc2)[C@@]12C(=O)Nc1ccc(I)cc12. The summed E-state index contributed by atoms with van der Waals surface area (Å²) in [6.07, 6.45) is 1.32. The Balaban J connectivity index is 0.900. The summed E-state index contributed by atoms with van der Waals surface area (Å²) >= 11 is 2.19. The molecule has 5 heterocycles. The summed E-state index contributed by atoms with van der Waals surface area (Å²) in [4.78, 5) is 89.7. The summed E-state index contributed by atoms with van der Waals surface area (Å²) in [6.45, 7) is 7.93. The number of esters is 2. The lowest BCUT2D eigenvalue weighted by molar-refractivity contribution is -0.180. The van der Waals surface area contributed by atoms with Crippen molar-refractivity contribution in [3.63, 3.8) is 0 Å². The Morgan fingerprint density at radius 3 is 2.20 bits per heavy atom. The number of aromatic hydroxyl groups is 1. The number of rotatable bonds is 17. The molecule has 5 aromatic carbocycles. The minimum Gasteiger partial charge on any atom is -0.508 e. The van der Waals surface area contributed by atoms with Gasteiger partial charge in [0.25, 0.3) is 0 Å². The molecule has 1 spiro atoms. The number of nitrogens with one attached hydrogen (secondary N) is 2. The predicted molar refractivity (Wildman–Crippen MR) is 280 cm³/mol. The van der Waals surface area contributed by atoms with Crippen LogP contribution in [0.15, 0.2) is 140 Å². The van der Waals surface area contributed by atoms with Crippen molar-refractivity contribution in [1.82, 2.24) is 15.1 Å². The van der Waals surface area contributed by atoms with E-state index < -0.39 is 77.5 Å². The van der Waals surface area contributed by atoms with Crippen molar-refractivity contribution >= 4 is 63.7 Å². The molecule has 74 heavy (non-hydrogen) atoms. The van der Waals surface area contributed by atoms with Gasteiger partial charge in [0.05, 0.1) is 31.3 Å². The largest absolute Gasteiger partial charge is 0.508 e. The Morgan fingerprint density at radius 2 is 1.51 bits per heavy atom. The van der Waals surface area contributed by atoms with Gasteiger partial charge in [0.15, 0.2) is 0 Å². The molecule has 382 valence electrons. The second kappa shape index (κ2) is 21.2. The molecule has 10 rings (SSSR count). The molecule has 0 saturated carbocycles. The van der Waals surface area contributed by atoms with E-state index in [-0.39, 0.29) is 68.5 Å². The maximum Gasteiger partial charge on any atom is 0.325 e. The summed E-state index contributed by atoms with van der Waals surface area (Å²) in [5.74, 6) is -3.78. The summed E-state index contributed by atoms with van der Waals surface area (Å²) in [5, 5.41) is 16.0. The average molecular weight is 1110 g/mol. The van der Waals surface area contributed by atoms with Crippen LogP contribution >= 0.6 is 22.6 Å². The third-order valence-electron chi connectivity index (χ3n) is 15.1. The zero-order valence-corrected chi connectivity index (χ0v) is 43.1. The smallest absolute Gasteiger partial charge is 0.325 e. The Kier molecular flexibility index (Phi) is 14.5. The number of halogens is 1. The topological polar surface area (TPSA) is 190 Å². The van der Waals surface area contributed by atoms with E-state index in [0.717, 1.165) is 14.7 Å². The minimum atomic E-state index is -1.68. The number of amides is 3. The van der Waals surface area contributed by atoms with Crippen molar-refractivity contribution in [3.8, 4) is 11.5 Å². The van der Waals surface area contributed by atoms with Crippen molar-refractivity contribution in [2.45, 2.75) is 80.9 Å². The molecule has 0 aromatic heterocycles. The van der Waals surface area contributed by atoms with Gasteiger partial charge in [-0.25, -0.2) is 0 Å². The highest BCUT2D eigenvalue weighted by atomic mass is 127. The van der Waals surface area contributed by atoms with Gasteiger partial charge in [-0.05, 0) is 112 Å². The lowest BCUT2D eigenvalue weighted by Crippen LogP contribution is -2.61.